The van der Waals surface area contributed by atoms with Crippen molar-refractivity contribution in [3.05, 3.63) is 66.1 Å². The molecule has 0 aliphatic heterocycles. The van der Waals surface area contributed by atoms with E-state index in [2.05, 4.69) is 15.6 Å². The first-order valence-corrected chi connectivity index (χ1v) is 7.96. The van der Waals surface area contributed by atoms with Gasteiger partial charge in [0.05, 0.1) is 19.9 Å². The van der Waals surface area contributed by atoms with Crippen molar-refractivity contribution >= 4 is 23.5 Å². The van der Waals surface area contributed by atoms with Gasteiger partial charge in [-0.25, -0.2) is 0 Å². The fourth-order valence-electron chi connectivity index (χ4n) is 2.29. The monoisotopic (exact) mass is 367 g/mol. The summed E-state index contributed by atoms with van der Waals surface area (Å²) in [4.78, 5) is 28.5. The zero-order valence-corrected chi connectivity index (χ0v) is 14.7. The van der Waals surface area contributed by atoms with Crippen molar-refractivity contribution in [2.45, 2.75) is 0 Å². The van der Waals surface area contributed by atoms with Gasteiger partial charge in [-0.05, 0) is 24.3 Å². The fourth-order valence-corrected chi connectivity index (χ4v) is 2.29. The van der Waals surface area contributed by atoms with Crippen molar-refractivity contribution < 1.29 is 23.5 Å². The molecule has 3 aromatic rings. The standard InChI is InChI=1S/C19H17N3O5/c1-25-13-8-9-16(26-2)14(10-13)20-18(24)15-11-27-19(21-15)22-17(23)12-6-4-3-5-7-12/h3-11H,1-2H3,(H,20,24)(H,21,22,23). The third-order valence-electron chi connectivity index (χ3n) is 3.65. The van der Waals surface area contributed by atoms with E-state index in [1.807, 2.05) is 0 Å². The zero-order valence-electron chi connectivity index (χ0n) is 14.7. The van der Waals surface area contributed by atoms with Crippen LogP contribution in [0.4, 0.5) is 11.7 Å². The summed E-state index contributed by atoms with van der Waals surface area (Å²) < 4.78 is 15.5. The summed E-state index contributed by atoms with van der Waals surface area (Å²) in [5.74, 6) is 0.108. The van der Waals surface area contributed by atoms with Crippen molar-refractivity contribution in [3.8, 4) is 11.5 Å². The second kappa shape index (κ2) is 8.05. The number of nitrogens with zero attached hydrogens (tertiary/aromatic N) is 1. The highest BCUT2D eigenvalue weighted by Crippen LogP contribution is 2.29. The molecule has 27 heavy (non-hydrogen) atoms. The van der Waals surface area contributed by atoms with E-state index in [1.54, 1.807) is 48.5 Å². The predicted octanol–water partition coefficient (Wildman–Crippen LogP) is 3.20. The van der Waals surface area contributed by atoms with Gasteiger partial charge < -0.3 is 19.2 Å². The van der Waals surface area contributed by atoms with E-state index < -0.39 is 5.91 Å². The molecule has 2 amide bonds. The molecule has 0 aliphatic rings. The van der Waals surface area contributed by atoms with Crippen LogP contribution < -0.4 is 20.1 Å². The lowest BCUT2D eigenvalue weighted by atomic mass is 10.2. The molecule has 1 heterocycles. The number of carbonyl (C=O) groups is 2. The van der Waals surface area contributed by atoms with Crippen LogP contribution in [-0.4, -0.2) is 31.0 Å². The average molecular weight is 367 g/mol. The topological polar surface area (TPSA) is 103 Å². The summed E-state index contributed by atoms with van der Waals surface area (Å²) in [6.07, 6.45) is 1.16. The molecule has 1 aromatic heterocycles. The van der Waals surface area contributed by atoms with Gasteiger partial charge in [0, 0.05) is 11.6 Å². The van der Waals surface area contributed by atoms with Crippen molar-refractivity contribution in [1.29, 1.82) is 0 Å². The first-order chi connectivity index (χ1) is 13.1. The minimum absolute atomic E-state index is 0.00300. The molecule has 2 N–H and O–H groups in total. The van der Waals surface area contributed by atoms with Crippen LogP contribution in [0.15, 0.2) is 59.2 Å². The number of benzene rings is 2. The molecule has 2 aromatic carbocycles. The number of oxazole rings is 1. The summed E-state index contributed by atoms with van der Waals surface area (Å²) >= 11 is 0. The van der Waals surface area contributed by atoms with Crippen LogP contribution in [0.25, 0.3) is 0 Å². The van der Waals surface area contributed by atoms with Crippen molar-refractivity contribution in [1.82, 2.24) is 4.98 Å². The van der Waals surface area contributed by atoms with Gasteiger partial charge in [-0.1, -0.05) is 18.2 Å². The Bertz CT molecular complexity index is 953. The molecule has 0 fully saturated rings. The largest absolute Gasteiger partial charge is 0.497 e. The van der Waals surface area contributed by atoms with E-state index in [9.17, 15) is 9.59 Å². The molecule has 8 heteroatoms. The Morgan fingerprint density at radius 3 is 2.44 bits per heavy atom. The highest BCUT2D eigenvalue weighted by molar-refractivity contribution is 6.05. The minimum Gasteiger partial charge on any atom is -0.497 e. The van der Waals surface area contributed by atoms with Crippen LogP contribution in [0.5, 0.6) is 11.5 Å². The van der Waals surface area contributed by atoms with Crippen molar-refractivity contribution in [2.75, 3.05) is 24.9 Å². The molecule has 0 saturated heterocycles. The number of methoxy groups -OCH3 is 2. The molecule has 8 nitrogen and oxygen atoms in total. The third kappa shape index (κ3) is 4.24. The fraction of sp³-hybridized carbons (Fsp3) is 0.105. The van der Waals surface area contributed by atoms with Gasteiger partial charge in [-0.2, -0.15) is 4.98 Å². The normalized spacial score (nSPS) is 10.1. The van der Waals surface area contributed by atoms with Gasteiger partial charge in [0.15, 0.2) is 5.69 Å². The molecule has 138 valence electrons. The highest BCUT2D eigenvalue weighted by Gasteiger charge is 2.17. The van der Waals surface area contributed by atoms with Crippen LogP contribution in [0.2, 0.25) is 0 Å². The number of carbonyl (C=O) groups excluding carboxylic acids is 2. The summed E-state index contributed by atoms with van der Waals surface area (Å²) in [6, 6.07) is 13.5. The smallest absolute Gasteiger partial charge is 0.302 e. The summed E-state index contributed by atoms with van der Waals surface area (Å²) in [7, 11) is 3.01. The molecule has 0 saturated carbocycles. The minimum atomic E-state index is -0.523. The number of ether oxygens (including phenoxy) is 2. The van der Waals surface area contributed by atoms with E-state index >= 15 is 0 Å². The predicted molar refractivity (Wildman–Crippen MR) is 98.4 cm³/mol. The van der Waals surface area contributed by atoms with E-state index in [1.165, 1.54) is 14.2 Å². The molecular formula is C19H17N3O5. The maximum absolute atomic E-state index is 12.4. The number of amides is 2. The highest BCUT2D eigenvalue weighted by atomic mass is 16.5. The third-order valence-corrected chi connectivity index (χ3v) is 3.65. The van der Waals surface area contributed by atoms with Crippen molar-refractivity contribution in [3.63, 3.8) is 0 Å². The Morgan fingerprint density at radius 2 is 1.74 bits per heavy atom. The summed E-state index contributed by atoms with van der Waals surface area (Å²) in [5.41, 5.74) is 0.866. The average Bonchev–Trinajstić information content (AvgIpc) is 3.17. The Labute approximate surface area is 155 Å². The van der Waals surface area contributed by atoms with Gasteiger partial charge in [0.25, 0.3) is 11.8 Å². The molecule has 0 bridgehead atoms. The molecule has 0 radical (unpaired) electrons. The van der Waals surface area contributed by atoms with E-state index in [0.717, 1.165) is 6.26 Å². The molecule has 0 atom stereocenters. The molecule has 3 rings (SSSR count). The van der Waals surface area contributed by atoms with Crippen LogP contribution in [-0.2, 0) is 0 Å². The van der Waals surface area contributed by atoms with E-state index in [4.69, 9.17) is 13.9 Å². The Hall–Kier alpha value is -3.81. The maximum atomic E-state index is 12.4. The molecular weight excluding hydrogens is 350 g/mol. The zero-order chi connectivity index (χ0) is 19.2. The van der Waals surface area contributed by atoms with E-state index in [0.29, 0.717) is 22.7 Å². The van der Waals surface area contributed by atoms with Gasteiger partial charge in [-0.15, -0.1) is 0 Å². The first-order valence-electron chi connectivity index (χ1n) is 7.96. The number of nitrogens with one attached hydrogen (secondary N) is 2. The summed E-state index contributed by atoms with van der Waals surface area (Å²) in [5, 5.41) is 5.17. The second-order valence-electron chi connectivity index (χ2n) is 5.38. The Balaban J connectivity index is 1.71. The lowest BCUT2D eigenvalue weighted by Crippen LogP contribution is -2.14. The first kappa shape index (κ1) is 18.0. The van der Waals surface area contributed by atoms with Crippen LogP contribution >= 0.6 is 0 Å². The number of aromatic nitrogens is 1. The number of rotatable bonds is 6. The van der Waals surface area contributed by atoms with Gasteiger partial charge >= 0.3 is 6.01 Å². The van der Waals surface area contributed by atoms with Crippen LogP contribution in [0.3, 0.4) is 0 Å². The van der Waals surface area contributed by atoms with Crippen molar-refractivity contribution in [2.24, 2.45) is 0 Å². The number of hydrogen-bond donors (Lipinski definition) is 2. The lowest BCUT2D eigenvalue weighted by Gasteiger charge is -2.10. The van der Waals surface area contributed by atoms with Crippen LogP contribution in [0, 0.1) is 0 Å². The van der Waals surface area contributed by atoms with E-state index in [-0.39, 0.29) is 17.6 Å². The van der Waals surface area contributed by atoms with Gasteiger partial charge in [-0.3, -0.25) is 14.9 Å². The second-order valence-corrected chi connectivity index (χ2v) is 5.38. The molecule has 0 aliphatic carbocycles. The Morgan fingerprint density at radius 1 is 0.963 bits per heavy atom. The Kier molecular flexibility index (Phi) is 5.36. The van der Waals surface area contributed by atoms with Crippen LogP contribution in [0.1, 0.15) is 20.8 Å². The lowest BCUT2D eigenvalue weighted by molar-refractivity contribution is 0.101. The molecule has 0 spiro atoms. The number of anilines is 2. The quantitative estimate of drug-likeness (QED) is 0.694. The number of hydrogen-bond acceptors (Lipinski definition) is 6. The molecule has 0 unspecified atom stereocenters. The maximum Gasteiger partial charge on any atom is 0.302 e. The SMILES string of the molecule is COc1ccc(OC)c(NC(=O)c2coc(NC(=O)c3ccccc3)n2)c1. The summed E-state index contributed by atoms with van der Waals surface area (Å²) in [6.45, 7) is 0. The van der Waals surface area contributed by atoms with Gasteiger partial charge in [0.1, 0.15) is 17.8 Å². The van der Waals surface area contributed by atoms with Gasteiger partial charge in [0.2, 0.25) is 0 Å².